The molecule has 0 radical (unpaired) electrons. The summed E-state index contributed by atoms with van der Waals surface area (Å²) in [5, 5.41) is 0. The molecule has 0 amide bonds. The van der Waals surface area contributed by atoms with Crippen LogP contribution in [0.1, 0.15) is 39.5 Å². The third-order valence-corrected chi connectivity index (χ3v) is 3.92. The van der Waals surface area contributed by atoms with Crippen molar-refractivity contribution in [2.75, 3.05) is 8.86 Å². The molecule has 0 heterocycles. The molecule has 2 atom stereocenters. The van der Waals surface area contributed by atoms with Gasteiger partial charge in [0.15, 0.2) is 0 Å². The first kappa shape index (κ1) is 14.4. The predicted molar refractivity (Wildman–Crippen MR) is 76.3 cm³/mol. The Labute approximate surface area is 110 Å². The minimum atomic E-state index is 0.483. The minimum absolute atomic E-state index is 0.483. The van der Waals surface area contributed by atoms with E-state index >= 15 is 0 Å². The van der Waals surface area contributed by atoms with Crippen molar-refractivity contribution < 1.29 is 4.74 Å². The molecule has 13 heavy (non-hydrogen) atoms. The molecule has 0 aliphatic rings. The van der Waals surface area contributed by atoms with Crippen LogP contribution in [0.25, 0.3) is 0 Å². The highest BCUT2D eigenvalue weighted by Gasteiger charge is 2.13. The van der Waals surface area contributed by atoms with Crippen molar-refractivity contribution in [3.8, 4) is 0 Å². The lowest BCUT2D eigenvalue weighted by atomic mass is 10.2. The van der Waals surface area contributed by atoms with Gasteiger partial charge in [-0.25, -0.2) is 0 Å². The monoisotopic (exact) mass is 410 g/mol. The van der Waals surface area contributed by atoms with Crippen molar-refractivity contribution in [1.29, 1.82) is 0 Å². The zero-order valence-electron chi connectivity index (χ0n) is 8.56. The van der Waals surface area contributed by atoms with E-state index in [4.69, 9.17) is 4.74 Å². The highest BCUT2D eigenvalue weighted by Crippen LogP contribution is 2.14. The number of halogens is 2. The van der Waals surface area contributed by atoms with E-state index in [1.165, 1.54) is 25.7 Å². The normalized spacial score (nSPS) is 15.7. The first-order chi connectivity index (χ1) is 6.28. The van der Waals surface area contributed by atoms with E-state index < -0.39 is 0 Å². The van der Waals surface area contributed by atoms with Gasteiger partial charge in [-0.1, -0.05) is 71.9 Å². The van der Waals surface area contributed by atoms with Gasteiger partial charge < -0.3 is 4.74 Å². The number of hydrogen-bond acceptors (Lipinski definition) is 1. The van der Waals surface area contributed by atoms with Crippen LogP contribution in [0.15, 0.2) is 0 Å². The molecular formula is C10H20I2O. The summed E-state index contributed by atoms with van der Waals surface area (Å²) in [7, 11) is 0. The standard InChI is InChI=1S/C10H20I2O/c1-3-5-9(7-11)13-10(8-12)6-4-2/h9-10H,3-8H2,1-2H3. The second-order valence-corrected chi connectivity index (χ2v) is 5.03. The van der Waals surface area contributed by atoms with Crippen LogP contribution >= 0.6 is 45.2 Å². The number of ether oxygens (including phenoxy) is 1. The van der Waals surface area contributed by atoms with Gasteiger partial charge in [0.1, 0.15) is 0 Å². The van der Waals surface area contributed by atoms with E-state index in [-0.39, 0.29) is 0 Å². The molecule has 0 spiro atoms. The second kappa shape index (κ2) is 9.96. The molecule has 0 bridgehead atoms. The van der Waals surface area contributed by atoms with Crippen LogP contribution < -0.4 is 0 Å². The molecule has 0 aromatic carbocycles. The smallest absolute Gasteiger partial charge is 0.0668 e. The van der Waals surface area contributed by atoms with Gasteiger partial charge in [-0.15, -0.1) is 0 Å². The van der Waals surface area contributed by atoms with Gasteiger partial charge in [0, 0.05) is 8.86 Å². The van der Waals surface area contributed by atoms with E-state index in [9.17, 15) is 0 Å². The fraction of sp³-hybridized carbons (Fsp3) is 1.00. The van der Waals surface area contributed by atoms with Crippen LogP contribution in [-0.2, 0) is 4.74 Å². The summed E-state index contributed by atoms with van der Waals surface area (Å²) in [6.07, 6.45) is 5.84. The zero-order chi connectivity index (χ0) is 10.1. The first-order valence-electron chi connectivity index (χ1n) is 5.05. The third kappa shape index (κ3) is 7.36. The van der Waals surface area contributed by atoms with E-state index in [1.807, 2.05) is 0 Å². The van der Waals surface area contributed by atoms with Crippen LogP contribution in [0, 0.1) is 0 Å². The molecule has 0 saturated carbocycles. The average molecular weight is 410 g/mol. The van der Waals surface area contributed by atoms with Crippen LogP contribution in [0.5, 0.6) is 0 Å². The third-order valence-electron chi connectivity index (χ3n) is 1.95. The molecule has 80 valence electrons. The number of hydrogen-bond donors (Lipinski definition) is 0. The zero-order valence-corrected chi connectivity index (χ0v) is 12.9. The number of rotatable bonds is 8. The van der Waals surface area contributed by atoms with Crippen molar-refractivity contribution >= 4 is 45.2 Å². The van der Waals surface area contributed by atoms with E-state index in [2.05, 4.69) is 59.0 Å². The van der Waals surface area contributed by atoms with Crippen LogP contribution in [-0.4, -0.2) is 21.1 Å². The van der Waals surface area contributed by atoms with Crippen molar-refractivity contribution in [2.24, 2.45) is 0 Å². The Morgan fingerprint density at radius 2 is 1.31 bits per heavy atom. The minimum Gasteiger partial charge on any atom is -0.373 e. The van der Waals surface area contributed by atoms with Crippen LogP contribution in [0.3, 0.4) is 0 Å². The van der Waals surface area contributed by atoms with Gasteiger partial charge in [0.25, 0.3) is 0 Å². The van der Waals surface area contributed by atoms with E-state index in [1.54, 1.807) is 0 Å². The summed E-state index contributed by atoms with van der Waals surface area (Å²) in [5.41, 5.74) is 0. The molecule has 3 heteroatoms. The number of alkyl halides is 2. The maximum absolute atomic E-state index is 6.01. The highest BCUT2D eigenvalue weighted by molar-refractivity contribution is 14.1. The summed E-state index contributed by atoms with van der Waals surface area (Å²) >= 11 is 4.85. The fourth-order valence-corrected chi connectivity index (χ4v) is 2.58. The Bertz CT molecular complexity index is 97.1. The lowest BCUT2D eigenvalue weighted by Crippen LogP contribution is -2.24. The molecule has 0 N–H and O–H groups in total. The van der Waals surface area contributed by atoms with Gasteiger partial charge in [-0.05, 0) is 12.8 Å². The Balaban J connectivity index is 3.73. The molecule has 2 unspecified atom stereocenters. The topological polar surface area (TPSA) is 9.23 Å². The molecular weight excluding hydrogens is 390 g/mol. The van der Waals surface area contributed by atoms with Crippen molar-refractivity contribution in [2.45, 2.75) is 51.7 Å². The fourth-order valence-electron chi connectivity index (χ4n) is 1.28. The second-order valence-electron chi connectivity index (χ2n) is 3.27. The van der Waals surface area contributed by atoms with Gasteiger partial charge >= 0.3 is 0 Å². The Hall–Kier alpha value is 1.42. The SMILES string of the molecule is CCCC(CI)OC(CI)CCC. The lowest BCUT2D eigenvalue weighted by Gasteiger charge is -2.21. The van der Waals surface area contributed by atoms with Crippen molar-refractivity contribution in [1.82, 2.24) is 0 Å². The maximum atomic E-state index is 6.01. The molecule has 0 aromatic heterocycles. The largest absolute Gasteiger partial charge is 0.373 e. The van der Waals surface area contributed by atoms with Gasteiger partial charge in [0.2, 0.25) is 0 Å². The van der Waals surface area contributed by atoms with Crippen molar-refractivity contribution in [3.05, 3.63) is 0 Å². The molecule has 0 rings (SSSR count). The average Bonchev–Trinajstić information content (AvgIpc) is 2.16. The van der Waals surface area contributed by atoms with Gasteiger partial charge in [-0.2, -0.15) is 0 Å². The lowest BCUT2D eigenvalue weighted by molar-refractivity contribution is 0.00790. The van der Waals surface area contributed by atoms with Crippen LogP contribution in [0.2, 0.25) is 0 Å². The summed E-state index contributed by atoms with van der Waals surface area (Å²) in [6, 6.07) is 0. The molecule has 0 fully saturated rings. The Morgan fingerprint density at radius 1 is 0.923 bits per heavy atom. The predicted octanol–water partition coefficient (Wildman–Crippen LogP) is 4.21. The van der Waals surface area contributed by atoms with E-state index in [0.29, 0.717) is 12.2 Å². The molecule has 1 nitrogen and oxygen atoms in total. The molecule has 0 aliphatic carbocycles. The van der Waals surface area contributed by atoms with E-state index in [0.717, 1.165) is 8.86 Å². The first-order valence-corrected chi connectivity index (χ1v) is 8.10. The molecule has 0 aliphatic heterocycles. The summed E-state index contributed by atoms with van der Waals surface area (Å²) in [6.45, 7) is 4.45. The Morgan fingerprint density at radius 3 is 1.54 bits per heavy atom. The highest BCUT2D eigenvalue weighted by atomic mass is 127. The Kier molecular flexibility index (Phi) is 11.0. The molecule has 0 aromatic rings. The maximum Gasteiger partial charge on any atom is 0.0668 e. The molecule has 0 saturated heterocycles. The summed E-state index contributed by atoms with van der Waals surface area (Å²) < 4.78 is 8.27. The van der Waals surface area contributed by atoms with Crippen molar-refractivity contribution in [3.63, 3.8) is 0 Å². The van der Waals surface area contributed by atoms with Gasteiger partial charge in [0.05, 0.1) is 12.2 Å². The summed E-state index contributed by atoms with van der Waals surface area (Å²) in [4.78, 5) is 0. The van der Waals surface area contributed by atoms with Gasteiger partial charge in [-0.3, -0.25) is 0 Å². The quantitative estimate of drug-likeness (QED) is 0.431. The summed E-state index contributed by atoms with van der Waals surface area (Å²) in [5.74, 6) is 0. The van der Waals surface area contributed by atoms with Crippen LogP contribution in [0.4, 0.5) is 0 Å².